The van der Waals surface area contributed by atoms with Crippen molar-refractivity contribution in [2.45, 2.75) is 46.2 Å². The minimum absolute atomic E-state index is 0.0121. The van der Waals surface area contributed by atoms with Gasteiger partial charge in [0.1, 0.15) is 6.04 Å². The van der Waals surface area contributed by atoms with Crippen LogP contribution in [0.15, 0.2) is 24.3 Å². The minimum Gasteiger partial charge on any atom is -0.374 e. The second-order valence-corrected chi connectivity index (χ2v) is 5.47. The van der Waals surface area contributed by atoms with Gasteiger partial charge in [-0.15, -0.1) is 0 Å². The Morgan fingerprint density at radius 3 is 2.18 bits per heavy atom. The molecule has 0 fully saturated rings. The fraction of sp³-hybridized carbons (Fsp3) is 0.500. The molecule has 1 atom stereocenters. The first-order valence-corrected chi connectivity index (χ1v) is 5.93. The predicted molar refractivity (Wildman–Crippen MR) is 72.2 cm³/mol. The van der Waals surface area contributed by atoms with Gasteiger partial charge in [0, 0.05) is 11.2 Å². The zero-order valence-electron chi connectivity index (χ0n) is 11.3. The molecule has 0 radical (unpaired) electrons. The van der Waals surface area contributed by atoms with Crippen molar-refractivity contribution in [2.24, 2.45) is 0 Å². The van der Waals surface area contributed by atoms with Gasteiger partial charge in [-0.1, -0.05) is 17.7 Å². The van der Waals surface area contributed by atoms with Gasteiger partial charge in [0.25, 0.3) is 0 Å². The van der Waals surface area contributed by atoms with E-state index in [-0.39, 0.29) is 17.5 Å². The molecular weight excluding hydrogens is 212 g/mol. The fourth-order valence-corrected chi connectivity index (χ4v) is 1.44. The second kappa shape index (κ2) is 5.21. The van der Waals surface area contributed by atoms with Gasteiger partial charge in [0.15, 0.2) is 0 Å². The van der Waals surface area contributed by atoms with Crippen LogP contribution in [-0.4, -0.2) is 17.5 Å². The van der Waals surface area contributed by atoms with Gasteiger partial charge in [0.2, 0.25) is 5.91 Å². The maximum atomic E-state index is 11.9. The molecule has 0 heterocycles. The molecule has 1 amide bonds. The Morgan fingerprint density at radius 1 is 1.18 bits per heavy atom. The molecule has 0 saturated carbocycles. The summed E-state index contributed by atoms with van der Waals surface area (Å²) in [6, 6.07) is 7.77. The minimum atomic E-state index is -0.239. The van der Waals surface area contributed by atoms with Crippen molar-refractivity contribution in [2.75, 3.05) is 5.32 Å². The average Bonchev–Trinajstić information content (AvgIpc) is 2.19. The fourth-order valence-electron chi connectivity index (χ4n) is 1.44. The monoisotopic (exact) mass is 234 g/mol. The smallest absolute Gasteiger partial charge is 0.242 e. The number of benzene rings is 1. The SMILES string of the molecule is Cc1ccc(N[C@@H](C)C(=O)NC(C)(C)C)cc1. The summed E-state index contributed by atoms with van der Waals surface area (Å²) in [5.41, 5.74) is 1.98. The first-order valence-electron chi connectivity index (χ1n) is 5.93. The molecule has 17 heavy (non-hydrogen) atoms. The van der Waals surface area contributed by atoms with E-state index in [4.69, 9.17) is 0 Å². The van der Waals surface area contributed by atoms with Crippen molar-refractivity contribution in [1.29, 1.82) is 0 Å². The number of carbonyl (C=O) groups excluding carboxylic acids is 1. The maximum Gasteiger partial charge on any atom is 0.242 e. The first kappa shape index (κ1) is 13.6. The normalized spacial score (nSPS) is 13.0. The summed E-state index contributed by atoms with van der Waals surface area (Å²) in [5.74, 6) is 0.0121. The molecule has 0 spiro atoms. The van der Waals surface area contributed by atoms with Gasteiger partial charge in [-0.3, -0.25) is 4.79 Å². The number of amides is 1. The lowest BCUT2D eigenvalue weighted by atomic mass is 10.1. The summed E-state index contributed by atoms with van der Waals surface area (Å²) in [7, 11) is 0. The van der Waals surface area contributed by atoms with E-state index < -0.39 is 0 Å². The standard InChI is InChI=1S/C14H22N2O/c1-10-6-8-12(9-7-10)15-11(2)13(17)16-14(3,4)5/h6-9,11,15H,1-5H3,(H,16,17)/t11-/m0/s1. The third-order valence-corrected chi connectivity index (χ3v) is 2.33. The van der Waals surface area contributed by atoms with E-state index in [1.165, 1.54) is 5.56 Å². The van der Waals surface area contributed by atoms with Crippen molar-refractivity contribution >= 4 is 11.6 Å². The summed E-state index contributed by atoms with van der Waals surface area (Å²) >= 11 is 0. The third-order valence-electron chi connectivity index (χ3n) is 2.33. The van der Waals surface area contributed by atoms with E-state index in [0.717, 1.165) is 5.69 Å². The Kier molecular flexibility index (Phi) is 4.16. The lowest BCUT2D eigenvalue weighted by molar-refractivity contribution is -0.122. The highest BCUT2D eigenvalue weighted by Crippen LogP contribution is 2.10. The lowest BCUT2D eigenvalue weighted by Crippen LogP contribution is -2.47. The molecule has 2 N–H and O–H groups in total. The van der Waals surface area contributed by atoms with Crippen molar-refractivity contribution in [3.05, 3.63) is 29.8 Å². The molecule has 1 aromatic carbocycles. The Bertz CT molecular complexity index is 376. The molecule has 3 heteroatoms. The number of aryl methyl sites for hydroxylation is 1. The zero-order valence-corrected chi connectivity index (χ0v) is 11.3. The number of anilines is 1. The largest absolute Gasteiger partial charge is 0.374 e. The topological polar surface area (TPSA) is 41.1 Å². The molecule has 0 aliphatic heterocycles. The Labute approximate surface area is 104 Å². The second-order valence-electron chi connectivity index (χ2n) is 5.47. The summed E-state index contributed by atoms with van der Waals surface area (Å²) < 4.78 is 0. The predicted octanol–water partition coefficient (Wildman–Crippen LogP) is 2.71. The highest BCUT2D eigenvalue weighted by Gasteiger charge is 2.18. The van der Waals surface area contributed by atoms with Gasteiger partial charge in [-0.2, -0.15) is 0 Å². The molecule has 3 nitrogen and oxygen atoms in total. The van der Waals surface area contributed by atoms with Crippen LogP contribution in [0.4, 0.5) is 5.69 Å². The number of nitrogens with one attached hydrogen (secondary N) is 2. The van der Waals surface area contributed by atoms with Crippen LogP contribution in [0, 0.1) is 6.92 Å². The van der Waals surface area contributed by atoms with Gasteiger partial charge < -0.3 is 10.6 Å². The maximum absolute atomic E-state index is 11.9. The highest BCUT2D eigenvalue weighted by atomic mass is 16.2. The number of carbonyl (C=O) groups is 1. The molecular formula is C14H22N2O. The quantitative estimate of drug-likeness (QED) is 0.844. The van der Waals surface area contributed by atoms with Crippen LogP contribution in [0.2, 0.25) is 0 Å². The molecule has 0 aromatic heterocycles. The molecule has 0 aliphatic rings. The summed E-state index contributed by atoms with van der Waals surface area (Å²) in [5, 5.41) is 6.13. The zero-order chi connectivity index (χ0) is 13.1. The van der Waals surface area contributed by atoms with E-state index in [2.05, 4.69) is 10.6 Å². The Hall–Kier alpha value is -1.51. The molecule has 0 saturated heterocycles. The van der Waals surface area contributed by atoms with Gasteiger partial charge in [0.05, 0.1) is 0 Å². The highest BCUT2D eigenvalue weighted by molar-refractivity contribution is 5.84. The third kappa shape index (κ3) is 4.89. The summed E-state index contributed by atoms with van der Waals surface area (Å²) in [4.78, 5) is 11.9. The van der Waals surface area contributed by atoms with Crippen molar-refractivity contribution < 1.29 is 4.79 Å². The van der Waals surface area contributed by atoms with Crippen LogP contribution in [-0.2, 0) is 4.79 Å². The van der Waals surface area contributed by atoms with Crippen LogP contribution >= 0.6 is 0 Å². The van der Waals surface area contributed by atoms with Crippen LogP contribution < -0.4 is 10.6 Å². The van der Waals surface area contributed by atoms with Crippen LogP contribution in [0.5, 0.6) is 0 Å². The number of hydrogen-bond acceptors (Lipinski definition) is 2. The van der Waals surface area contributed by atoms with Crippen LogP contribution in [0.3, 0.4) is 0 Å². The Balaban J connectivity index is 2.57. The van der Waals surface area contributed by atoms with Gasteiger partial charge in [-0.05, 0) is 46.8 Å². The van der Waals surface area contributed by atoms with Crippen molar-refractivity contribution in [3.8, 4) is 0 Å². The van der Waals surface area contributed by atoms with E-state index in [1.54, 1.807) is 0 Å². The lowest BCUT2D eigenvalue weighted by Gasteiger charge is -2.24. The van der Waals surface area contributed by atoms with Gasteiger partial charge >= 0.3 is 0 Å². The van der Waals surface area contributed by atoms with Crippen molar-refractivity contribution in [1.82, 2.24) is 5.32 Å². The summed E-state index contributed by atoms with van der Waals surface area (Å²) in [6.45, 7) is 9.83. The number of rotatable bonds is 3. The first-order chi connectivity index (χ1) is 7.78. The van der Waals surface area contributed by atoms with E-state index in [0.29, 0.717) is 0 Å². The summed E-state index contributed by atoms with van der Waals surface area (Å²) in [6.07, 6.45) is 0. The van der Waals surface area contributed by atoms with Crippen LogP contribution in [0.25, 0.3) is 0 Å². The molecule has 0 bridgehead atoms. The van der Waals surface area contributed by atoms with E-state index >= 15 is 0 Å². The molecule has 0 aliphatic carbocycles. The Morgan fingerprint density at radius 2 is 1.71 bits per heavy atom. The molecule has 1 aromatic rings. The molecule has 1 rings (SSSR count). The van der Waals surface area contributed by atoms with Crippen LogP contribution in [0.1, 0.15) is 33.3 Å². The number of hydrogen-bond donors (Lipinski definition) is 2. The molecule has 94 valence electrons. The average molecular weight is 234 g/mol. The molecule has 0 unspecified atom stereocenters. The van der Waals surface area contributed by atoms with Gasteiger partial charge in [-0.25, -0.2) is 0 Å². The van der Waals surface area contributed by atoms with E-state index in [9.17, 15) is 4.79 Å². The van der Waals surface area contributed by atoms with Crippen molar-refractivity contribution in [3.63, 3.8) is 0 Å². The van der Waals surface area contributed by atoms with E-state index in [1.807, 2.05) is 58.9 Å².